The third-order valence-electron chi connectivity index (χ3n) is 3.41. The van der Waals surface area contributed by atoms with Gasteiger partial charge in [0, 0.05) is 22.8 Å². The summed E-state index contributed by atoms with van der Waals surface area (Å²) in [6.07, 6.45) is 1.61. The third-order valence-corrected chi connectivity index (χ3v) is 4.78. The highest BCUT2D eigenvalue weighted by atomic mass is 79.9. The van der Waals surface area contributed by atoms with Gasteiger partial charge in [-0.1, -0.05) is 5.16 Å². The molecule has 1 amide bonds. The predicted molar refractivity (Wildman–Crippen MR) is 106 cm³/mol. The fourth-order valence-corrected chi connectivity index (χ4v) is 3.17. The van der Waals surface area contributed by atoms with Gasteiger partial charge in [-0.2, -0.15) is 0 Å². The van der Waals surface area contributed by atoms with E-state index in [-0.39, 0.29) is 29.6 Å². The largest absolute Gasteiger partial charge is 0.459 e. The van der Waals surface area contributed by atoms with E-state index in [0.29, 0.717) is 22.9 Å². The van der Waals surface area contributed by atoms with Gasteiger partial charge in [0.05, 0.1) is 17.2 Å². The van der Waals surface area contributed by atoms with E-state index in [0.717, 1.165) is 16.2 Å². The summed E-state index contributed by atoms with van der Waals surface area (Å²) >= 11 is 4.39. The molecule has 9 nitrogen and oxygen atoms in total. The second kappa shape index (κ2) is 9.02. The van der Waals surface area contributed by atoms with Gasteiger partial charge in [-0.25, -0.2) is 4.98 Å². The summed E-state index contributed by atoms with van der Waals surface area (Å²) in [6, 6.07) is 6.35. The van der Waals surface area contributed by atoms with Crippen LogP contribution in [0.25, 0.3) is 5.65 Å². The van der Waals surface area contributed by atoms with Crippen molar-refractivity contribution >= 4 is 51.0 Å². The Morgan fingerprint density at radius 3 is 2.89 bits per heavy atom. The lowest BCUT2D eigenvalue weighted by Crippen LogP contribution is -2.18. The number of thioether (sulfide) groups is 1. The van der Waals surface area contributed by atoms with E-state index in [9.17, 15) is 14.4 Å². The summed E-state index contributed by atoms with van der Waals surface area (Å²) in [4.78, 5) is 40.0. The van der Waals surface area contributed by atoms with Gasteiger partial charge in [-0.05, 0) is 35.0 Å². The van der Waals surface area contributed by atoms with Crippen molar-refractivity contribution in [3.05, 3.63) is 56.7 Å². The summed E-state index contributed by atoms with van der Waals surface area (Å²) in [6.45, 7) is 1.59. The van der Waals surface area contributed by atoms with Crippen LogP contribution >= 0.6 is 27.7 Å². The van der Waals surface area contributed by atoms with Crippen molar-refractivity contribution in [1.82, 2.24) is 14.5 Å². The van der Waals surface area contributed by atoms with E-state index in [4.69, 9.17) is 9.26 Å². The molecule has 3 rings (SSSR count). The van der Waals surface area contributed by atoms with Crippen LogP contribution in [-0.4, -0.2) is 37.9 Å². The van der Waals surface area contributed by atoms with Gasteiger partial charge < -0.3 is 14.6 Å². The number of aryl methyl sites for hydroxylation is 1. The third kappa shape index (κ3) is 5.42. The monoisotopic (exact) mass is 466 g/mol. The second-order valence-electron chi connectivity index (χ2n) is 5.69. The van der Waals surface area contributed by atoms with Crippen LogP contribution in [0.2, 0.25) is 0 Å². The molecule has 146 valence electrons. The Morgan fingerprint density at radius 2 is 2.14 bits per heavy atom. The van der Waals surface area contributed by atoms with Gasteiger partial charge in [0.2, 0.25) is 5.91 Å². The highest BCUT2D eigenvalue weighted by Gasteiger charge is 2.10. The standard InChI is InChI=1S/C17H15BrN4O5S/c1-10-4-13(21-27-10)20-15(23)8-28-9-17(25)26-7-12-5-16(24)22-6-11(18)2-3-14(22)19-12/h2-6H,7-9H2,1H3,(H,20,21,23). The number of pyridine rings is 1. The number of nitrogens with one attached hydrogen (secondary N) is 1. The smallest absolute Gasteiger partial charge is 0.316 e. The lowest BCUT2D eigenvalue weighted by molar-refractivity contribution is -0.141. The van der Waals surface area contributed by atoms with Crippen molar-refractivity contribution in [3.8, 4) is 0 Å². The van der Waals surface area contributed by atoms with Crippen molar-refractivity contribution < 1.29 is 18.8 Å². The van der Waals surface area contributed by atoms with Crippen LogP contribution in [0.3, 0.4) is 0 Å². The minimum absolute atomic E-state index is 0.00915. The summed E-state index contributed by atoms with van der Waals surface area (Å²) < 4.78 is 12.1. The summed E-state index contributed by atoms with van der Waals surface area (Å²) in [5.41, 5.74) is 0.534. The quantitative estimate of drug-likeness (QED) is 0.526. The molecule has 3 heterocycles. The van der Waals surface area contributed by atoms with E-state index in [1.807, 2.05) is 0 Å². The SMILES string of the molecule is Cc1cc(NC(=O)CSCC(=O)OCc2cc(=O)n3cc(Br)ccc3n2)no1. The molecule has 28 heavy (non-hydrogen) atoms. The van der Waals surface area contributed by atoms with Crippen molar-refractivity contribution in [2.45, 2.75) is 13.5 Å². The number of aromatic nitrogens is 3. The fourth-order valence-electron chi connectivity index (χ4n) is 2.23. The first-order chi connectivity index (χ1) is 13.4. The fraction of sp³-hybridized carbons (Fsp3) is 0.235. The molecule has 0 aliphatic carbocycles. The van der Waals surface area contributed by atoms with Crippen molar-refractivity contribution in [2.24, 2.45) is 0 Å². The molecule has 0 bridgehead atoms. The van der Waals surface area contributed by atoms with Gasteiger partial charge in [-0.15, -0.1) is 11.8 Å². The van der Waals surface area contributed by atoms with Crippen LogP contribution in [0.5, 0.6) is 0 Å². The number of anilines is 1. The molecule has 3 aromatic heterocycles. The van der Waals surface area contributed by atoms with E-state index in [1.54, 1.807) is 31.3 Å². The van der Waals surface area contributed by atoms with Crippen LogP contribution in [0.15, 0.2) is 44.3 Å². The number of carbonyl (C=O) groups excluding carboxylic acids is 2. The van der Waals surface area contributed by atoms with Crippen LogP contribution in [-0.2, 0) is 20.9 Å². The van der Waals surface area contributed by atoms with Gasteiger partial charge in [0.15, 0.2) is 5.82 Å². The van der Waals surface area contributed by atoms with Crippen LogP contribution in [0.4, 0.5) is 5.82 Å². The highest BCUT2D eigenvalue weighted by molar-refractivity contribution is 9.10. The molecule has 0 saturated heterocycles. The molecule has 11 heteroatoms. The Kier molecular flexibility index (Phi) is 6.47. The number of carbonyl (C=O) groups is 2. The molecule has 0 saturated carbocycles. The molecule has 0 aliphatic rings. The zero-order valence-corrected chi connectivity index (χ0v) is 17.1. The van der Waals surface area contributed by atoms with Crippen molar-refractivity contribution in [1.29, 1.82) is 0 Å². The maximum atomic E-state index is 12.1. The first-order valence-electron chi connectivity index (χ1n) is 8.05. The molecular formula is C17H15BrN4O5S. The average molecular weight is 467 g/mol. The number of hydrogen-bond acceptors (Lipinski definition) is 8. The maximum Gasteiger partial charge on any atom is 0.316 e. The summed E-state index contributed by atoms with van der Waals surface area (Å²) in [7, 11) is 0. The van der Waals surface area contributed by atoms with Crippen LogP contribution < -0.4 is 10.9 Å². The van der Waals surface area contributed by atoms with Gasteiger partial charge in [-0.3, -0.25) is 18.8 Å². The number of fused-ring (bicyclic) bond motifs is 1. The highest BCUT2D eigenvalue weighted by Crippen LogP contribution is 2.11. The van der Waals surface area contributed by atoms with Gasteiger partial charge >= 0.3 is 5.97 Å². The first-order valence-corrected chi connectivity index (χ1v) is 10.00. The van der Waals surface area contributed by atoms with Crippen molar-refractivity contribution in [2.75, 3.05) is 16.8 Å². The van der Waals surface area contributed by atoms with Crippen LogP contribution in [0.1, 0.15) is 11.5 Å². The molecule has 0 unspecified atom stereocenters. The number of nitrogens with zero attached hydrogens (tertiary/aromatic N) is 3. The molecule has 0 fully saturated rings. The number of esters is 1. The Labute approximate surface area is 171 Å². The van der Waals surface area contributed by atoms with E-state index in [1.165, 1.54) is 10.5 Å². The number of amides is 1. The van der Waals surface area contributed by atoms with E-state index >= 15 is 0 Å². The first kappa shape index (κ1) is 20.1. The van der Waals surface area contributed by atoms with Crippen molar-refractivity contribution in [3.63, 3.8) is 0 Å². The normalized spacial score (nSPS) is 10.8. The molecule has 0 aliphatic heterocycles. The topological polar surface area (TPSA) is 116 Å². The molecule has 1 N–H and O–H groups in total. The second-order valence-corrected chi connectivity index (χ2v) is 7.59. The average Bonchev–Trinajstić information content (AvgIpc) is 3.05. The summed E-state index contributed by atoms with van der Waals surface area (Å²) in [5.74, 6) is 0.151. The molecule has 0 spiro atoms. The lowest BCUT2D eigenvalue weighted by Gasteiger charge is -2.06. The zero-order chi connectivity index (χ0) is 20.1. The predicted octanol–water partition coefficient (Wildman–Crippen LogP) is 2.17. The molecule has 0 atom stereocenters. The van der Waals surface area contributed by atoms with Crippen LogP contribution in [0, 0.1) is 6.92 Å². The lowest BCUT2D eigenvalue weighted by atomic mass is 10.4. The van der Waals surface area contributed by atoms with Gasteiger partial charge in [0.25, 0.3) is 5.56 Å². The molecule has 0 aromatic carbocycles. The van der Waals surface area contributed by atoms with Gasteiger partial charge in [0.1, 0.15) is 18.0 Å². The minimum Gasteiger partial charge on any atom is -0.459 e. The van der Waals surface area contributed by atoms with E-state index in [2.05, 4.69) is 31.4 Å². The number of hydrogen-bond donors (Lipinski definition) is 1. The molecular weight excluding hydrogens is 452 g/mol. The summed E-state index contributed by atoms with van der Waals surface area (Å²) in [5, 5.41) is 6.21. The maximum absolute atomic E-state index is 12.1. The Bertz CT molecular complexity index is 1080. The molecule has 0 radical (unpaired) electrons. The van der Waals surface area contributed by atoms with E-state index < -0.39 is 5.97 Å². The Hall–Kier alpha value is -2.66. The number of halogens is 1. The molecule has 3 aromatic rings. The Morgan fingerprint density at radius 1 is 1.32 bits per heavy atom. The number of rotatable bonds is 7. The minimum atomic E-state index is -0.507. The zero-order valence-electron chi connectivity index (χ0n) is 14.7. The Balaban J connectivity index is 1.45. The number of ether oxygens (including phenoxy) is 1.